The van der Waals surface area contributed by atoms with Crippen LogP contribution in [-0.2, 0) is 0 Å². The largest absolute Gasteiger partial charge is 0.370 e. The third-order valence-electron chi connectivity index (χ3n) is 10.3. The van der Waals surface area contributed by atoms with Crippen molar-refractivity contribution in [2.75, 3.05) is 13.1 Å². The van der Waals surface area contributed by atoms with Crippen molar-refractivity contribution in [2.45, 2.75) is 234 Å². The molecule has 2 aliphatic rings. The van der Waals surface area contributed by atoms with Gasteiger partial charge in [-0.3, -0.25) is 4.90 Å². The van der Waals surface area contributed by atoms with Gasteiger partial charge in [-0.1, -0.05) is 40.5 Å². The van der Waals surface area contributed by atoms with Crippen molar-refractivity contribution in [3.05, 3.63) is 0 Å². The molecular formula is C41H84N8. The van der Waals surface area contributed by atoms with Gasteiger partial charge < -0.3 is 26.6 Å². The molecular weight excluding hydrogens is 605 g/mol. The lowest BCUT2D eigenvalue weighted by Crippen LogP contribution is -2.63. The molecule has 0 bridgehead atoms. The average Bonchev–Trinajstić information content (AvgIpc) is 2.84. The van der Waals surface area contributed by atoms with Gasteiger partial charge in [0.15, 0.2) is 5.96 Å². The number of rotatable bonds is 14. The zero-order valence-corrected chi connectivity index (χ0v) is 35.7. The molecule has 0 radical (unpaired) electrons. The van der Waals surface area contributed by atoms with E-state index >= 15 is 0 Å². The minimum atomic E-state index is -0.180. The van der Waals surface area contributed by atoms with Gasteiger partial charge in [-0.15, -0.1) is 0 Å². The smallest absolute Gasteiger partial charge is 0.224 e. The molecule has 2 heterocycles. The number of hydrogen-bond donors (Lipinski definition) is 4. The van der Waals surface area contributed by atoms with Gasteiger partial charge in [-0.05, 0) is 153 Å². The molecule has 0 amide bonds. The second-order valence-electron chi connectivity index (χ2n) is 20.8. The lowest BCUT2D eigenvalue weighted by Gasteiger charge is -2.50. The average molecular weight is 689 g/mol. The first-order chi connectivity index (χ1) is 22.1. The van der Waals surface area contributed by atoms with E-state index in [1.165, 1.54) is 38.6 Å². The number of guanidine groups is 2. The molecule has 8 heteroatoms. The Morgan fingerprint density at radius 2 is 1.20 bits per heavy atom. The molecule has 0 spiro atoms. The third kappa shape index (κ3) is 15.8. The molecule has 2 rings (SSSR count). The van der Waals surface area contributed by atoms with Crippen molar-refractivity contribution in [3.8, 4) is 0 Å². The Bertz CT molecular complexity index is 1050. The van der Waals surface area contributed by atoms with E-state index in [9.17, 15) is 0 Å². The monoisotopic (exact) mass is 689 g/mol. The predicted octanol–water partition coefficient (Wildman–Crippen LogP) is 8.45. The molecule has 0 aliphatic carbocycles. The van der Waals surface area contributed by atoms with E-state index in [0.29, 0.717) is 24.1 Å². The van der Waals surface area contributed by atoms with Crippen LogP contribution in [-0.4, -0.2) is 86.7 Å². The quantitative estimate of drug-likeness (QED) is 0.0832. The Hall–Kier alpha value is -1.38. The van der Waals surface area contributed by atoms with Gasteiger partial charge in [0.25, 0.3) is 0 Å². The highest BCUT2D eigenvalue weighted by Crippen LogP contribution is 2.34. The van der Waals surface area contributed by atoms with Crippen LogP contribution in [0.2, 0.25) is 0 Å². The summed E-state index contributed by atoms with van der Waals surface area (Å²) in [6, 6.07) is 1.68. The summed E-state index contributed by atoms with van der Waals surface area (Å²) in [7, 11) is 0. The molecule has 0 aromatic carbocycles. The van der Waals surface area contributed by atoms with Gasteiger partial charge in [0.05, 0.1) is 6.04 Å². The van der Waals surface area contributed by atoms with Crippen molar-refractivity contribution < 1.29 is 0 Å². The van der Waals surface area contributed by atoms with E-state index in [1.54, 1.807) is 0 Å². The molecule has 2 aliphatic heterocycles. The van der Waals surface area contributed by atoms with E-state index in [2.05, 4.69) is 143 Å². The highest BCUT2D eigenvalue weighted by molar-refractivity contribution is 5.94. The maximum atomic E-state index is 6.72. The highest BCUT2D eigenvalue weighted by atomic mass is 15.3. The van der Waals surface area contributed by atoms with Crippen LogP contribution in [0.1, 0.15) is 182 Å². The Morgan fingerprint density at radius 3 is 1.63 bits per heavy atom. The first-order valence-electron chi connectivity index (χ1n) is 20.0. The number of piperidine rings is 2. The molecule has 0 aromatic heterocycles. The fraction of sp³-hybridized carbons (Fsp3) is 0.951. The zero-order valence-electron chi connectivity index (χ0n) is 35.7. The fourth-order valence-electron chi connectivity index (χ4n) is 9.54. The van der Waals surface area contributed by atoms with Gasteiger partial charge >= 0.3 is 0 Å². The van der Waals surface area contributed by atoms with Crippen LogP contribution in [0.4, 0.5) is 0 Å². The number of nitrogens with one attached hydrogen (secondary N) is 3. The second-order valence-corrected chi connectivity index (χ2v) is 20.8. The summed E-state index contributed by atoms with van der Waals surface area (Å²) >= 11 is 0. The number of hydrogen-bond acceptors (Lipinski definition) is 4. The van der Waals surface area contributed by atoms with Crippen LogP contribution in [0.25, 0.3) is 0 Å². The Labute approximate surface area is 305 Å². The maximum Gasteiger partial charge on any atom is 0.224 e. The molecule has 5 N–H and O–H groups in total. The lowest BCUT2D eigenvalue weighted by atomic mass is 9.78. The van der Waals surface area contributed by atoms with Crippen molar-refractivity contribution in [1.82, 2.24) is 25.8 Å². The molecule has 0 aromatic rings. The normalized spacial score (nSPS) is 22.8. The second kappa shape index (κ2) is 17.0. The Kier molecular flexibility index (Phi) is 15.2. The van der Waals surface area contributed by atoms with Crippen LogP contribution in [0, 0.1) is 5.41 Å². The molecule has 1 unspecified atom stereocenters. The van der Waals surface area contributed by atoms with Gasteiger partial charge in [-0.2, -0.15) is 4.99 Å². The molecule has 8 nitrogen and oxygen atoms in total. The van der Waals surface area contributed by atoms with Crippen molar-refractivity contribution >= 4 is 11.9 Å². The summed E-state index contributed by atoms with van der Waals surface area (Å²) in [5.74, 6) is 1.26. The third-order valence-corrected chi connectivity index (χ3v) is 10.3. The van der Waals surface area contributed by atoms with E-state index in [1.807, 2.05) is 0 Å². The lowest BCUT2D eigenvalue weighted by molar-refractivity contribution is 0.0465. The van der Waals surface area contributed by atoms with Crippen LogP contribution in [0.3, 0.4) is 0 Å². The number of unbranched alkanes of at least 4 members (excludes halogenated alkanes) is 3. The summed E-state index contributed by atoms with van der Waals surface area (Å²) in [5.41, 5.74) is 7.09. The van der Waals surface area contributed by atoms with Crippen LogP contribution in [0.5, 0.6) is 0 Å². The highest BCUT2D eigenvalue weighted by Gasteiger charge is 2.42. The molecule has 2 fully saturated rings. The predicted molar refractivity (Wildman–Crippen MR) is 216 cm³/mol. The molecule has 49 heavy (non-hydrogen) atoms. The minimum Gasteiger partial charge on any atom is -0.370 e. The van der Waals surface area contributed by atoms with E-state index in [4.69, 9.17) is 15.7 Å². The van der Waals surface area contributed by atoms with Gasteiger partial charge in [0, 0.05) is 52.4 Å². The van der Waals surface area contributed by atoms with Crippen molar-refractivity contribution in [1.29, 1.82) is 0 Å². The van der Waals surface area contributed by atoms with Crippen molar-refractivity contribution in [3.63, 3.8) is 0 Å². The summed E-state index contributed by atoms with van der Waals surface area (Å²) < 4.78 is 0. The van der Waals surface area contributed by atoms with Gasteiger partial charge in [-0.25, -0.2) is 4.99 Å². The van der Waals surface area contributed by atoms with Crippen molar-refractivity contribution in [2.24, 2.45) is 21.1 Å². The van der Waals surface area contributed by atoms with E-state index in [0.717, 1.165) is 44.6 Å². The van der Waals surface area contributed by atoms with Gasteiger partial charge in [0.1, 0.15) is 0 Å². The summed E-state index contributed by atoms with van der Waals surface area (Å²) in [5, 5.41) is 11.3. The number of aliphatic imine (C=N–C) groups is 2. The minimum absolute atomic E-state index is 0.0203. The molecule has 2 saturated heterocycles. The standard InChI is InChI=1S/C41H84N8/c1-18-31(4)43-35(44-34(42)45-41(16,17)29-36(5,6)7)49(33-27-39(12,13)47-40(14,15)28-33)24-22-20-19-21-23-48(30(2)3)32-25-37(8,9)46-38(10,11)26-32/h30-33,46-47H,18-29H2,1-17H3,(H3,42,43,44,45). The molecule has 1 atom stereocenters. The molecule has 0 saturated carbocycles. The first kappa shape index (κ1) is 43.8. The van der Waals surface area contributed by atoms with Crippen LogP contribution in [0.15, 0.2) is 9.98 Å². The number of nitrogens with zero attached hydrogens (tertiary/aromatic N) is 4. The van der Waals surface area contributed by atoms with Gasteiger partial charge in [0.2, 0.25) is 5.96 Å². The Morgan fingerprint density at radius 1 is 0.755 bits per heavy atom. The molecule has 288 valence electrons. The summed E-state index contributed by atoms with van der Waals surface area (Å²) in [6.07, 6.45) is 11.3. The fourth-order valence-corrected chi connectivity index (χ4v) is 9.54. The maximum absolute atomic E-state index is 6.72. The SMILES string of the molecule is CCC(C)/N=C(\N=C(/N)NC(C)(C)CC(C)(C)C)N(CCCCCCN(C(C)C)C1CC(C)(C)NC(C)(C)C1)C1CC(C)(C)NC(C)(C)C1. The summed E-state index contributed by atoms with van der Waals surface area (Å²) in [6.45, 7) is 41.4. The number of nitrogens with two attached hydrogens (primary N) is 1. The zero-order chi connectivity index (χ0) is 37.6. The van der Waals surface area contributed by atoms with E-state index < -0.39 is 0 Å². The first-order valence-corrected chi connectivity index (χ1v) is 20.0. The van der Waals surface area contributed by atoms with Crippen LogP contribution < -0.4 is 21.7 Å². The van der Waals surface area contributed by atoms with Crippen LogP contribution >= 0.6 is 0 Å². The summed E-state index contributed by atoms with van der Waals surface area (Å²) in [4.78, 5) is 15.7. The topological polar surface area (TPSA) is 93.3 Å². The Balaban J connectivity index is 2.25. The van der Waals surface area contributed by atoms with E-state index in [-0.39, 0.29) is 39.2 Å².